The third-order valence-electron chi connectivity index (χ3n) is 1.94. The van der Waals surface area contributed by atoms with Gasteiger partial charge in [-0.15, -0.1) is 0 Å². The van der Waals surface area contributed by atoms with Crippen molar-refractivity contribution in [3.05, 3.63) is 11.6 Å². The van der Waals surface area contributed by atoms with Gasteiger partial charge in [0.25, 0.3) is 0 Å². The van der Waals surface area contributed by atoms with E-state index in [1.165, 1.54) is 19.8 Å². The van der Waals surface area contributed by atoms with Crippen LogP contribution in [-0.2, 0) is 19.1 Å². The summed E-state index contributed by atoms with van der Waals surface area (Å²) in [5.41, 5.74) is 0.947. The fourth-order valence-electron chi connectivity index (χ4n) is 1.08. The summed E-state index contributed by atoms with van der Waals surface area (Å²) >= 11 is 0. The van der Waals surface area contributed by atoms with Gasteiger partial charge in [0.15, 0.2) is 0 Å². The smallest absolute Gasteiger partial charge is 0.363 e. The number of rotatable bonds is 6. The van der Waals surface area contributed by atoms with Gasteiger partial charge in [0.2, 0.25) is 5.71 Å². The predicted molar refractivity (Wildman–Crippen MR) is 65.0 cm³/mol. The van der Waals surface area contributed by atoms with Crippen LogP contribution < -0.4 is 0 Å². The Hall–Kier alpha value is -1.65. The highest BCUT2D eigenvalue weighted by Gasteiger charge is 2.21. The Bertz CT molecular complexity index is 309. The second kappa shape index (κ2) is 8.50. The predicted octanol–water partition coefficient (Wildman–Crippen LogP) is 1.52. The molecule has 0 aromatic heterocycles. The van der Waals surface area contributed by atoms with Crippen molar-refractivity contribution in [3.8, 4) is 0 Å². The summed E-state index contributed by atoms with van der Waals surface area (Å²) in [4.78, 5) is 26.3. The molecular weight excluding hydrogens is 222 g/mol. The van der Waals surface area contributed by atoms with Gasteiger partial charge >= 0.3 is 11.9 Å². The van der Waals surface area contributed by atoms with Crippen molar-refractivity contribution < 1.29 is 19.1 Å². The summed E-state index contributed by atoms with van der Waals surface area (Å²) in [6.07, 6.45) is 3.70. The Morgan fingerprint density at radius 3 is 2.06 bits per heavy atom. The normalized spacial score (nSPS) is 9.18. The number of methoxy groups -OCH3 is 2. The number of aliphatic imine (C=N–C) groups is 1. The van der Waals surface area contributed by atoms with Crippen molar-refractivity contribution >= 4 is 17.7 Å². The molecule has 0 aliphatic carbocycles. The first kappa shape index (κ1) is 15.3. The largest absolute Gasteiger partial charge is 0.464 e. The standard InChI is InChI=1S/C12H19NO4/c1-9(2)7-5-6-8-13-10(11(14)16-3)12(15)17-4/h7H,5-6,8H2,1-4H3. The molecule has 0 aromatic carbocycles. The maximum Gasteiger partial charge on any atom is 0.363 e. The molecule has 0 atom stereocenters. The van der Waals surface area contributed by atoms with Crippen LogP contribution in [0.3, 0.4) is 0 Å². The minimum absolute atomic E-state index is 0.285. The average Bonchev–Trinajstić information content (AvgIpc) is 2.31. The zero-order valence-electron chi connectivity index (χ0n) is 10.8. The Labute approximate surface area is 102 Å². The molecule has 0 heterocycles. The monoisotopic (exact) mass is 241 g/mol. The first-order valence-corrected chi connectivity index (χ1v) is 5.37. The molecule has 0 unspecified atom stereocenters. The van der Waals surface area contributed by atoms with Crippen molar-refractivity contribution in [2.45, 2.75) is 26.7 Å². The van der Waals surface area contributed by atoms with E-state index < -0.39 is 11.9 Å². The molecule has 0 saturated heterocycles. The van der Waals surface area contributed by atoms with Gasteiger partial charge in [-0.25, -0.2) is 9.59 Å². The summed E-state index contributed by atoms with van der Waals surface area (Å²) in [6, 6.07) is 0. The van der Waals surface area contributed by atoms with Crippen molar-refractivity contribution in [1.82, 2.24) is 0 Å². The van der Waals surface area contributed by atoms with Gasteiger partial charge in [-0.05, 0) is 26.7 Å². The quantitative estimate of drug-likeness (QED) is 0.232. The molecular formula is C12H19NO4. The first-order chi connectivity index (χ1) is 8.02. The third kappa shape index (κ3) is 6.50. The van der Waals surface area contributed by atoms with E-state index in [2.05, 4.69) is 20.5 Å². The maximum absolute atomic E-state index is 11.2. The van der Waals surface area contributed by atoms with Crippen molar-refractivity contribution in [2.75, 3.05) is 20.8 Å². The number of ether oxygens (including phenoxy) is 2. The second-order valence-electron chi connectivity index (χ2n) is 3.64. The lowest BCUT2D eigenvalue weighted by Crippen LogP contribution is -2.27. The lowest BCUT2D eigenvalue weighted by Gasteiger charge is -2.02. The highest BCUT2D eigenvalue weighted by molar-refractivity contribution is 6.62. The van der Waals surface area contributed by atoms with Gasteiger partial charge in [0.05, 0.1) is 14.2 Å². The van der Waals surface area contributed by atoms with Crippen LogP contribution in [-0.4, -0.2) is 38.4 Å². The van der Waals surface area contributed by atoms with E-state index in [1.54, 1.807) is 0 Å². The molecule has 17 heavy (non-hydrogen) atoms. The van der Waals surface area contributed by atoms with Crippen molar-refractivity contribution in [1.29, 1.82) is 0 Å². The van der Waals surface area contributed by atoms with Gasteiger partial charge in [0, 0.05) is 6.54 Å². The number of nitrogens with zero attached hydrogens (tertiary/aromatic N) is 1. The minimum Gasteiger partial charge on any atom is -0.464 e. The van der Waals surface area contributed by atoms with Crippen LogP contribution in [0.15, 0.2) is 16.6 Å². The van der Waals surface area contributed by atoms with Crippen LogP contribution in [0.2, 0.25) is 0 Å². The molecule has 0 aromatic rings. The van der Waals surface area contributed by atoms with Crippen molar-refractivity contribution in [3.63, 3.8) is 0 Å². The number of hydrogen-bond acceptors (Lipinski definition) is 5. The zero-order valence-corrected chi connectivity index (χ0v) is 10.8. The molecule has 0 rings (SSSR count). The first-order valence-electron chi connectivity index (χ1n) is 5.37. The van der Waals surface area contributed by atoms with Gasteiger partial charge < -0.3 is 9.47 Å². The van der Waals surface area contributed by atoms with Crippen LogP contribution in [0.25, 0.3) is 0 Å². The molecule has 0 spiro atoms. The summed E-state index contributed by atoms with van der Waals surface area (Å²) in [7, 11) is 2.40. The fraction of sp³-hybridized carbons (Fsp3) is 0.583. The Morgan fingerprint density at radius 1 is 1.12 bits per heavy atom. The lowest BCUT2D eigenvalue weighted by atomic mass is 10.2. The molecule has 0 amide bonds. The highest BCUT2D eigenvalue weighted by atomic mass is 16.5. The number of carbonyl (C=O) groups excluding carboxylic acids is 2. The van der Waals surface area contributed by atoms with Crippen LogP contribution in [0.5, 0.6) is 0 Å². The molecule has 0 bridgehead atoms. The molecule has 5 heteroatoms. The average molecular weight is 241 g/mol. The van der Waals surface area contributed by atoms with E-state index >= 15 is 0 Å². The van der Waals surface area contributed by atoms with Gasteiger partial charge in [-0.3, -0.25) is 4.99 Å². The second-order valence-corrected chi connectivity index (χ2v) is 3.64. The molecule has 0 saturated carbocycles. The number of allylic oxidation sites excluding steroid dienone is 2. The van der Waals surface area contributed by atoms with Gasteiger partial charge in [-0.1, -0.05) is 11.6 Å². The third-order valence-corrected chi connectivity index (χ3v) is 1.94. The number of unbranched alkanes of at least 4 members (excludes halogenated alkanes) is 1. The van der Waals surface area contributed by atoms with E-state index in [4.69, 9.17) is 0 Å². The van der Waals surface area contributed by atoms with E-state index in [9.17, 15) is 9.59 Å². The van der Waals surface area contributed by atoms with Crippen LogP contribution in [0.1, 0.15) is 26.7 Å². The fourth-order valence-corrected chi connectivity index (χ4v) is 1.08. The summed E-state index contributed by atoms with van der Waals surface area (Å²) < 4.78 is 8.90. The summed E-state index contributed by atoms with van der Waals surface area (Å²) in [5, 5.41) is 0. The summed E-state index contributed by atoms with van der Waals surface area (Å²) in [5.74, 6) is -1.53. The Morgan fingerprint density at radius 2 is 1.65 bits per heavy atom. The summed E-state index contributed by atoms with van der Waals surface area (Å²) in [6.45, 7) is 4.42. The van der Waals surface area contributed by atoms with Crippen LogP contribution in [0, 0.1) is 0 Å². The van der Waals surface area contributed by atoms with E-state index in [-0.39, 0.29) is 5.71 Å². The topological polar surface area (TPSA) is 65.0 Å². The number of hydrogen-bond donors (Lipinski definition) is 0. The van der Waals surface area contributed by atoms with E-state index in [0.717, 1.165) is 12.8 Å². The SMILES string of the molecule is COC(=O)C(=NCCCC=C(C)C)C(=O)OC. The Balaban J connectivity index is 4.35. The van der Waals surface area contributed by atoms with E-state index in [0.29, 0.717) is 6.54 Å². The van der Waals surface area contributed by atoms with Crippen molar-refractivity contribution in [2.24, 2.45) is 4.99 Å². The number of carbonyl (C=O) groups is 2. The molecule has 0 fully saturated rings. The van der Waals surface area contributed by atoms with Gasteiger partial charge in [0.1, 0.15) is 0 Å². The minimum atomic E-state index is -0.765. The molecule has 0 radical (unpaired) electrons. The molecule has 0 aliphatic rings. The zero-order chi connectivity index (χ0) is 13.3. The molecule has 0 N–H and O–H groups in total. The highest BCUT2D eigenvalue weighted by Crippen LogP contribution is 1.98. The van der Waals surface area contributed by atoms with Crippen LogP contribution >= 0.6 is 0 Å². The number of esters is 2. The molecule has 0 aliphatic heterocycles. The maximum atomic E-state index is 11.2. The Kier molecular flexibility index (Phi) is 7.67. The van der Waals surface area contributed by atoms with Gasteiger partial charge in [-0.2, -0.15) is 0 Å². The molecule has 5 nitrogen and oxygen atoms in total. The molecule has 96 valence electrons. The van der Waals surface area contributed by atoms with E-state index in [1.807, 2.05) is 13.8 Å². The lowest BCUT2D eigenvalue weighted by molar-refractivity contribution is -0.138. The van der Waals surface area contributed by atoms with Crippen LogP contribution in [0.4, 0.5) is 0 Å².